The Hall–Kier alpha value is -1.06. The van der Waals surface area contributed by atoms with Gasteiger partial charge in [-0.05, 0) is 13.5 Å². The number of carbonyl (C=O) groups is 2. The molecule has 0 saturated carbocycles. The number of carbonyl (C=O) groups excluding carboxylic acids is 2. The number of rotatable bonds is 16. The maximum atomic E-state index is 11.4. The van der Waals surface area contributed by atoms with Crippen molar-refractivity contribution in [2.45, 2.75) is 34.1 Å². The summed E-state index contributed by atoms with van der Waals surface area (Å²) in [5.41, 5.74) is 0. The average Bonchev–Trinajstić information content (AvgIpc) is 2.70. The first-order valence-electron chi connectivity index (χ1n) is 9.72. The standard InChI is InChI=1S/C14H30N2O4.C3H6O2.C2H6/c1-4-13(2)14(17)16-6-8-19-10-12-20-11-9-18-7-5-15-3;1-5-3-2-4;1-2/h13,15H,4-12H2,1-3H3,(H,16,17);2H,3H2,1H3;1-2H3. The van der Waals surface area contributed by atoms with Gasteiger partial charge in [-0.3, -0.25) is 4.79 Å². The minimum Gasteiger partial charge on any atom is -0.378 e. The molecule has 2 N–H and O–H groups in total. The molecule has 1 amide bonds. The average molecular weight is 395 g/mol. The highest BCUT2D eigenvalue weighted by atomic mass is 16.5. The van der Waals surface area contributed by atoms with Crippen LogP contribution in [-0.4, -0.2) is 85.7 Å². The minimum atomic E-state index is 0.0706. The van der Waals surface area contributed by atoms with Crippen LogP contribution in [-0.2, 0) is 28.5 Å². The molecule has 0 aromatic heterocycles. The lowest BCUT2D eigenvalue weighted by Gasteiger charge is -2.10. The van der Waals surface area contributed by atoms with Crippen LogP contribution < -0.4 is 10.6 Å². The lowest BCUT2D eigenvalue weighted by molar-refractivity contribution is -0.124. The van der Waals surface area contributed by atoms with Crippen molar-refractivity contribution in [3.63, 3.8) is 0 Å². The van der Waals surface area contributed by atoms with Gasteiger partial charge in [0.1, 0.15) is 12.9 Å². The summed E-state index contributed by atoms with van der Waals surface area (Å²) in [4.78, 5) is 20.7. The number of nitrogens with one attached hydrogen (secondary N) is 2. The summed E-state index contributed by atoms with van der Waals surface area (Å²) < 4.78 is 20.3. The maximum Gasteiger partial charge on any atom is 0.222 e. The summed E-state index contributed by atoms with van der Waals surface area (Å²) in [6.07, 6.45) is 1.57. The van der Waals surface area contributed by atoms with E-state index in [9.17, 15) is 9.59 Å². The van der Waals surface area contributed by atoms with Crippen molar-refractivity contribution in [3.05, 3.63) is 0 Å². The van der Waals surface area contributed by atoms with Crippen molar-refractivity contribution < 1.29 is 28.5 Å². The van der Waals surface area contributed by atoms with Crippen LogP contribution in [0.3, 0.4) is 0 Å². The van der Waals surface area contributed by atoms with E-state index in [0.717, 1.165) is 13.0 Å². The molecule has 0 bridgehead atoms. The fourth-order valence-corrected chi connectivity index (χ4v) is 1.39. The molecular formula is C19H42N2O6. The molecule has 0 aromatic rings. The van der Waals surface area contributed by atoms with Crippen LogP contribution in [0.25, 0.3) is 0 Å². The summed E-state index contributed by atoms with van der Waals surface area (Å²) in [7, 11) is 3.37. The Kier molecular flexibility index (Phi) is 33.7. The van der Waals surface area contributed by atoms with Gasteiger partial charge in [-0.1, -0.05) is 27.7 Å². The van der Waals surface area contributed by atoms with E-state index in [1.807, 2.05) is 34.7 Å². The Labute approximate surface area is 165 Å². The third-order valence-electron chi connectivity index (χ3n) is 3.08. The lowest BCUT2D eigenvalue weighted by atomic mass is 10.1. The van der Waals surface area contributed by atoms with E-state index < -0.39 is 0 Å². The SMILES string of the molecule is CC.CCC(C)C(=O)NCCOCCOCCOCCNC.COCC=O. The second kappa shape index (κ2) is 29.7. The van der Waals surface area contributed by atoms with Crippen molar-refractivity contribution in [3.8, 4) is 0 Å². The zero-order chi connectivity index (χ0) is 21.2. The van der Waals surface area contributed by atoms with Crippen LogP contribution >= 0.6 is 0 Å². The zero-order valence-electron chi connectivity index (χ0n) is 18.2. The molecule has 0 heterocycles. The van der Waals surface area contributed by atoms with Gasteiger partial charge in [0.15, 0.2) is 0 Å². The molecule has 8 nitrogen and oxygen atoms in total. The highest BCUT2D eigenvalue weighted by molar-refractivity contribution is 5.78. The van der Waals surface area contributed by atoms with E-state index in [1.165, 1.54) is 7.11 Å². The van der Waals surface area contributed by atoms with Gasteiger partial charge in [-0.2, -0.15) is 0 Å². The third-order valence-corrected chi connectivity index (χ3v) is 3.08. The quantitative estimate of drug-likeness (QED) is 0.301. The summed E-state index contributed by atoms with van der Waals surface area (Å²) in [6, 6.07) is 0. The molecule has 0 aromatic carbocycles. The molecule has 0 rings (SSSR count). The Balaban J connectivity index is -0.000000705. The number of amides is 1. The van der Waals surface area contributed by atoms with Gasteiger partial charge in [-0.15, -0.1) is 0 Å². The van der Waals surface area contributed by atoms with E-state index in [1.54, 1.807) is 0 Å². The fourth-order valence-electron chi connectivity index (χ4n) is 1.39. The van der Waals surface area contributed by atoms with Crippen molar-refractivity contribution in [1.29, 1.82) is 0 Å². The number of hydrogen-bond acceptors (Lipinski definition) is 7. The molecule has 1 atom stereocenters. The predicted octanol–water partition coefficient (Wildman–Crippen LogP) is 1.28. The molecule has 27 heavy (non-hydrogen) atoms. The van der Waals surface area contributed by atoms with Crippen molar-refractivity contribution in [2.24, 2.45) is 5.92 Å². The largest absolute Gasteiger partial charge is 0.378 e. The molecule has 8 heteroatoms. The van der Waals surface area contributed by atoms with Crippen LogP contribution in [0.15, 0.2) is 0 Å². The monoisotopic (exact) mass is 394 g/mol. The first-order chi connectivity index (χ1) is 13.1. The predicted molar refractivity (Wildman–Crippen MR) is 108 cm³/mol. The Morgan fingerprint density at radius 2 is 1.44 bits per heavy atom. The molecule has 0 aliphatic rings. The lowest BCUT2D eigenvalue weighted by Crippen LogP contribution is -2.31. The Morgan fingerprint density at radius 3 is 1.81 bits per heavy atom. The molecular weight excluding hydrogens is 352 g/mol. The van der Waals surface area contributed by atoms with Crippen molar-refractivity contribution in [1.82, 2.24) is 10.6 Å². The van der Waals surface area contributed by atoms with Gasteiger partial charge in [0.05, 0.1) is 39.6 Å². The second-order valence-corrected chi connectivity index (χ2v) is 5.16. The topological polar surface area (TPSA) is 95.1 Å². The summed E-state index contributed by atoms with van der Waals surface area (Å²) in [5, 5.41) is 5.83. The molecule has 0 aliphatic carbocycles. The molecule has 164 valence electrons. The van der Waals surface area contributed by atoms with Crippen LogP contribution in [0.4, 0.5) is 0 Å². The number of aldehydes is 1. The third kappa shape index (κ3) is 29.9. The van der Waals surface area contributed by atoms with Gasteiger partial charge in [-0.25, -0.2) is 0 Å². The van der Waals surface area contributed by atoms with Crippen molar-refractivity contribution in [2.75, 3.05) is 73.5 Å². The van der Waals surface area contributed by atoms with E-state index in [0.29, 0.717) is 52.5 Å². The minimum absolute atomic E-state index is 0.0706. The fraction of sp³-hybridized carbons (Fsp3) is 0.895. The zero-order valence-corrected chi connectivity index (χ0v) is 18.2. The molecule has 0 saturated heterocycles. The van der Waals surface area contributed by atoms with E-state index in [4.69, 9.17) is 14.2 Å². The van der Waals surface area contributed by atoms with Crippen molar-refractivity contribution >= 4 is 12.2 Å². The molecule has 1 unspecified atom stereocenters. The van der Waals surface area contributed by atoms with Gasteiger partial charge in [0.2, 0.25) is 5.91 Å². The Morgan fingerprint density at radius 1 is 0.963 bits per heavy atom. The Bertz CT molecular complexity index is 293. The highest BCUT2D eigenvalue weighted by Gasteiger charge is 2.08. The number of likely N-dealkylation sites (N-methyl/N-ethyl adjacent to an activating group) is 1. The van der Waals surface area contributed by atoms with Gasteiger partial charge >= 0.3 is 0 Å². The van der Waals surface area contributed by atoms with Crippen LogP contribution in [0.1, 0.15) is 34.1 Å². The number of ether oxygens (including phenoxy) is 4. The first kappa shape index (κ1) is 30.7. The van der Waals surface area contributed by atoms with E-state index in [-0.39, 0.29) is 18.4 Å². The molecule has 0 aliphatic heterocycles. The second-order valence-electron chi connectivity index (χ2n) is 5.16. The number of hydrogen-bond donors (Lipinski definition) is 2. The summed E-state index contributed by atoms with van der Waals surface area (Å²) in [5.74, 6) is 0.160. The highest BCUT2D eigenvalue weighted by Crippen LogP contribution is 1.98. The van der Waals surface area contributed by atoms with Gasteiger partial charge in [0, 0.05) is 26.1 Å². The smallest absolute Gasteiger partial charge is 0.222 e. The molecule has 0 fully saturated rings. The molecule has 0 radical (unpaired) electrons. The number of methoxy groups -OCH3 is 1. The normalized spacial score (nSPS) is 10.7. The van der Waals surface area contributed by atoms with E-state index in [2.05, 4.69) is 15.4 Å². The molecule has 0 spiro atoms. The van der Waals surface area contributed by atoms with E-state index >= 15 is 0 Å². The van der Waals surface area contributed by atoms with Gasteiger partial charge < -0.3 is 34.4 Å². The summed E-state index contributed by atoms with van der Waals surface area (Å²) >= 11 is 0. The van der Waals surface area contributed by atoms with Crippen LogP contribution in [0.2, 0.25) is 0 Å². The van der Waals surface area contributed by atoms with Crippen LogP contribution in [0, 0.1) is 5.92 Å². The summed E-state index contributed by atoms with van der Waals surface area (Å²) in [6.45, 7) is 13.0. The maximum absolute atomic E-state index is 11.4. The first-order valence-corrected chi connectivity index (χ1v) is 9.72. The van der Waals surface area contributed by atoms with Crippen LogP contribution in [0.5, 0.6) is 0 Å². The van der Waals surface area contributed by atoms with Gasteiger partial charge in [0.25, 0.3) is 0 Å².